The quantitative estimate of drug-likeness (QED) is 0.726. The number of nitriles is 1. The highest BCUT2D eigenvalue weighted by Gasteiger charge is 2.28. The molecule has 2 rings (SSSR count). The van der Waals surface area contributed by atoms with Gasteiger partial charge in [-0.15, -0.1) is 0 Å². The van der Waals surface area contributed by atoms with E-state index in [0.29, 0.717) is 5.92 Å². The first kappa shape index (κ1) is 9.23. The van der Waals surface area contributed by atoms with Gasteiger partial charge < -0.3 is 5.32 Å². The van der Waals surface area contributed by atoms with E-state index in [1.54, 1.807) is 0 Å². The number of nitrogens with zero attached hydrogens (tertiary/aromatic N) is 1. The number of benzene rings is 1. The Hall–Kier alpha value is -1.33. The molecule has 2 atom stereocenters. The molecule has 2 nitrogen and oxygen atoms in total. The van der Waals surface area contributed by atoms with Crippen LogP contribution < -0.4 is 5.32 Å². The molecule has 2 heteroatoms. The van der Waals surface area contributed by atoms with Crippen molar-refractivity contribution in [1.82, 2.24) is 5.32 Å². The largest absolute Gasteiger partial charge is 0.315 e. The minimum atomic E-state index is 0.135. The van der Waals surface area contributed by atoms with Crippen LogP contribution in [0.4, 0.5) is 0 Å². The van der Waals surface area contributed by atoms with Crippen LogP contribution in [0, 0.1) is 24.2 Å². The third kappa shape index (κ3) is 1.51. The first-order chi connectivity index (χ1) is 6.83. The number of hydrogen-bond acceptors (Lipinski definition) is 2. The normalized spacial score (nSPS) is 26.0. The van der Waals surface area contributed by atoms with Gasteiger partial charge in [0.15, 0.2) is 0 Å². The molecule has 1 heterocycles. The van der Waals surface area contributed by atoms with Crippen molar-refractivity contribution in [3.05, 3.63) is 35.4 Å². The number of rotatable bonds is 1. The van der Waals surface area contributed by atoms with Crippen LogP contribution in [0.1, 0.15) is 17.0 Å². The number of aryl methyl sites for hydroxylation is 1. The lowest BCUT2D eigenvalue weighted by atomic mass is 9.87. The Bertz CT molecular complexity index is 365. The second-order valence-electron chi connectivity index (χ2n) is 3.86. The highest BCUT2D eigenvalue weighted by molar-refractivity contribution is 5.32. The zero-order chi connectivity index (χ0) is 9.97. The summed E-state index contributed by atoms with van der Waals surface area (Å²) in [6, 6.07) is 10.7. The van der Waals surface area contributed by atoms with Gasteiger partial charge >= 0.3 is 0 Å². The average molecular weight is 186 g/mol. The molecule has 0 radical (unpaired) electrons. The summed E-state index contributed by atoms with van der Waals surface area (Å²) in [7, 11) is 0. The lowest BCUT2D eigenvalue weighted by Gasteiger charge is -2.14. The molecule has 1 N–H and O–H groups in total. The molecule has 1 aliphatic rings. The van der Waals surface area contributed by atoms with Crippen molar-refractivity contribution in [2.24, 2.45) is 5.92 Å². The second-order valence-corrected chi connectivity index (χ2v) is 3.86. The molecule has 1 saturated heterocycles. The van der Waals surface area contributed by atoms with Crippen LogP contribution in [-0.4, -0.2) is 13.1 Å². The van der Waals surface area contributed by atoms with Crippen LogP contribution >= 0.6 is 0 Å². The van der Waals surface area contributed by atoms with Crippen molar-refractivity contribution >= 4 is 0 Å². The molecule has 0 amide bonds. The predicted molar refractivity (Wildman–Crippen MR) is 55.9 cm³/mol. The molecule has 72 valence electrons. The Labute approximate surface area is 84.6 Å². The summed E-state index contributed by atoms with van der Waals surface area (Å²) in [5.74, 6) is 0.511. The first-order valence-electron chi connectivity index (χ1n) is 4.99. The number of nitrogens with one attached hydrogen (secondary N) is 1. The van der Waals surface area contributed by atoms with Crippen LogP contribution in [0.15, 0.2) is 24.3 Å². The van der Waals surface area contributed by atoms with Gasteiger partial charge in [0.1, 0.15) is 0 Å². The lowest BCUT2D eigenvalue weighted by molar-refractivity contribution is 0.643. The van der Waals surface area contributed by atoms with E-state index in [0.717, 1.165) is 13.1 Å². The molecule has 1 aliphatic heterocycles. The van der Waals surface area contributed by atoms with Crippen LogP contribution in [0.5, 0.6) is 0 Å². The SMILES string of the molecule is Cc1ccccc1[C@H]1CNC[C@H]1C#N. The van der Waals surface area contributed by atoms with Gasteiger partial charge in [0.2, 0.25) is 0 Å². The molecular formula is C12H14N2. The van der Waals surface area contributed by atoms with E-state index in [-0.39, 0.29) is 5.92 Å². The zero-order valence-corrected chi connectivity index (χ0v) is 8.33. The van der Waals surface area contributed by atoms with Crippen molar-refractivity contribution in [2.45, 2.75) is 12.8 Å². The standard InChI is InChI=1S/C12H14N2/c1-9-4-2-3-5-11(9)12-8-14-7-10(12)6-13/h2-5,10,12,14H,7-8H2,1H3/t10-,12+/m1/s1. The molecular weight excluding hydrogens is 172 g/mol. The Kier molecular flexibility index (Phi) is 2.51. The van der Waals surface area contributed by atoms with Crippen LogP contribution in [-0.2, 0) is 0 Å². The number of hydrogen-bond donors (Lipinski definition) is 1. The van der Waals surface area contributed by atoms with E-state index in [2.05, 4.69) is 36.5 Å². The highest BCUT2D eigenvalue weighted by Crippen LogP contribution is 2.29. The van der Waals surface area contributed by atoms with Crippen molar-refractivity contribution in [1.29, 1.82) is 5.26 Å². The summed E-state index contributed by atoms with van der Waals surface area (Å²) in [5.41, 5.74) is 2.62. The van der Waals surface area contributed by atoms with Gasteiger partial charge in [0.25, 0.3) is 0 Å². The lowest BCUT2D eigenvalue weighted by Crippen LogP contribution is -2.09. The van der Waals surface area contributed by atoms with E-state index >= 15 is 0 Å². The van der Waals surface area contributed by atoms with E-state index in [4.69, 9.17) is 5.26 Å². The van der Waals surface area contributed by atoms with E-state index in [1.165, 1.54) is 11.1 Å². The van der Waals surface area contributed by atoms with Crippen LogP contribution in [0.3, 0.4) is 0 Å². The molecule has 0 saturated carbocycles. The fourth-order valence-corrected chi connectivity index (χ4v) is 2.14. The summed E-state index contributed by atoms with van der Waals surface area (Å²) in [6.07, 6.45) is 0. The van der Waals surface area contributed by atoms with Crippen molar-refractivity contribution in [3.8, 4) is 6.07 Å². The van der Waals surface area contributed by atoms with E-state index in [1.807, 2.05) is 6.07 Å². The summed E-state index contributed by atoms with van der Waals surface area (Å²) in [6.45, 7) is 3.88. The molecule has 0 aromatic heterocycles. The Morgan fingerprint density at radius 1 is 1.36 bits per heavy atom. The van der Waals surface area contributed by atoms with E-state index in [9.17, 15) is 0 Å². The Balaban J connectivity index is 2.31. The molecule has 1 aromatic rings. The van der Waals surface area contributed by atoms with Gasteiger partial charge in [-0.05, 0) is 18.1 Å². The molecule has 14 heavy (non-hydrogen) atoms. The highest BCUT2D eigenvalue weighted by atomic mass is 14.9. The third-order valence-corrected chi connectivity index (χ3v) is 2.97. The Morgan fingerprint density at radius 2 is 2.14 bits per heavy atom. The topological polar surface area (TPSA) is 35.8 Å². The molecule has 0 bridgehead atoms. The summed E-state index contributed by atoms with van der Waals surface area (Å²) in [5, 5.41) is 12.3. The maximum atomic E-state index is 9.00. The Morgan fingerprint density at radius 3 is 2.86 bits per heavy atom. The maximum absolute atomic E-state index is 9.00. The molecule has 0 unspecified atom stereocenters. The van der Waals surface area contributed by atoms with Crippen molar-refractivity contribution in [3.63, 3.8) is 0 Å². The molecule has 0 spiro atoms. The van der Waals surface area contributed by atoms with Crippen molar-refractivity contribution < 1.29 is 0 Å². The van der Waals surface area contributed by atoms with Gasteiger partial charge in [-0.1, -0.05) is 24.3 Å². The maximum Gasteiger partial charge on any atom is 0.0676 e. The van der Waals surface area contributed by atoms with Gasteiger partial charge in [-0.25, -0.2) is 0 Å². The second kappa shape index (κ2) is 3.81. The fourth-order valence-electron chi connectivity index (χ4n) is 2.14. The third-order valence-electron chi connectivity index (χ3n) is 2.97. The van der Waals surface area contributed by atoms with Gasteiger partial charge in [0.05, 0.1) is 12.0 Å². The molecule has 1 aromatic carbocycles. The zero-order valence-electron chi connectivity index (χ0n) is 8.33. The molecule has 1 fully saturated rings. The summed E-state index contributed by atoms with van der Waals surface area (Å²) in [4.78, 5) is 0. The van der Waals surface area contributed by atoms with Gasteiger partial charge in [-0.2, -0.15) is 5.26 Å². The van der Waals surface area contributed by atoms with Crippen LogP contribution in [0.2, 0.25) is 0 Å². The monoisotopic (exact) mass is 186 g/mol. The first-order valence-corrected chi connectivity index (χ1v) is 4.99. The van der Waals surface area contributed by atoms with Gasteiger partial charge in [-0.3, -0.25) is 0 Å². The summed E-state index contributed by atoms with van der Waals surface area (Å²) >= 11 is 0. The minimum Gasteiger partial charge on any atom is -0.315 e. The minimum absolute atomic E-state index is 0.135. The average Bonchev–Trinajstić information content (AvgIpc) is 2.66. The van der Waals surface area contributed by atoms with Crippen LogP contribution in [0.25, 0.3) is 0 Å². The fraction of sp³-hybridized carbons (Fsp3) is 0.417. The van der Waals surface area contributed by atoms with E-state index < -0.39 is 0 Å². The van der Waals surface area contributed by atoms with Crippen molar-refractivity contribution in [2.75, 3.05) is 13.1 Å². The van der Waals surface area contributed by atoms with Gasteiger partial charge in [0, 0.05) is 19.0 Å². The summed E-state index contributed by atoms with van der Waals surface area (Å²) < 4.78 is 0. The predicted octanol–water partition coefficient (Wildman–Crippen LogP) is 1.82. The molecule has 0 aliphatic carbocycles. The smallest absolute Gasteiger partial charge is 0.0676 e.